The first-order chi connectivity index (χ1) is 28.4. The van der Waals surface area contributed by atoms with Crippen LogP contribution in [0.25, 0.3) is 21.9 Å². The number of fused-ring (bicyclic) bond motifs is 5. The molecule has 13 heteroatoms. The van der Waals surface area contributed by atoms with E-state index in [0.29, 0.717) is 48.6 Å². The molecule has 59 heavy (non-hydrogen) atoms. The molecule has 6 atom stereocenters. The summed E-state index contributed by atoms with van der Waals surface area (Å²) in [7, 11) is 0. The van der Waals surface area contributed by atoms with Gasteiger partial charge in [-0.2, -0.15) is 0 Å². The number of rotatable bonds is 11. The summed E-state index contributed by atoms with van der Waals surface area (Å²) in [5.74, 6) is 1.51. The molecule has 0 amide bonds. The summed E-state index contributed by atoms with van der Waals surface area (Å²) in [5.41, 5.74) is 8.30. The Morgan fingerprint density at radius 3 is 2.78 bits per heavy atom. The number of phenolic OH excluding ortho intramolecular Hbond substituents is 1. The maximum Gasteiger partial charge on any atom is 0.341 e. The standard InChI is InChI=1S/C46H56N6O7/c1-5-6-9-15-49-39-21-29(20-30(50-39)24-52-23-28-13-16-48-33(28)25-52)32-18-27(19-38(47)51-32)11-12-37-46(59-37)14-8-7-10-31-40-36(58-45(3,4)43(31)57-44(46)55)22-35-41(42(40)54)34(53)17-26(2)56-35/h13,16-23,25,30-32,37,43,48-51,54H,5-12,14-15,24,47H2,1-4H3. The van der Waals surface area contributed by atoms with E-state index in [4.69, 9.17) is 24.4 Å². The Hall–Kier alpha value is -5.56. The summed E-state index contributed by atoms with van der Waals surface area (Å²) < 4.78 is 27.2. The molecular formula is C46H56N6O7. The largest absolute Gasteiger partial charge is 0.507 e. The third kappa shape index (κ3) is 7.49. The van der Waals surface area contributed by atoms with Crippen LogP contribution in [0.15, 0.2) is 93.1 Å². The Balaban J connectivity index is 0.909. The monoisotopic (exact) mass is 804 g/mol. The molecule has 3 aromatic heterocycles. The minimum Gasteiger partial charge on any atom is -0.507 e. The number of aryl methyl sites for hydroxylation is 1. The molecule has 0 saturated carbocycles. The van der Waals surface area contributed by atoms with Crippen molar-refractivity contribution < 1.29 is 28.5 Å². The summed E-state index contributed by atoms with van der Waals surface area (Å²) in [5, 5.41) is 23.7. The molecule has 7 N–H and O–H groups in total. The maximum absolute atomic E-state index is 14.2. The van der Waals surface area contributed by atoms with Crippen LogP contribution in [0.4, 0.5) is 0 Å². The Labute approximate surface area is 343 Å². The van der Waals surface area contributed by atoms with E-state index in [9.17, 15) is 14.7 Å². The van der Waals surface area contributed by atoms with Gasteiger partial charge in [0.25, 0.3) is 0 Å². The number of H-pyrrole nitrogens is 1. The minimum absolute atomic E-state index is 0.0555. The molecule has 1 aromatic carbocycles. The SMILES string of the molecule is CCCCCNC1=CC(C2C=C(CCC3OC34CCCCC3c5c(cc6oc(C)cc(=O)c6c5O)OC(C)(C)C3OC4=O)C=C(N)N2)=CC(Cn2cc3cc[nH]c3c2)N1. The number of ether oxygens (including phenoxy) is 3. The van der Waals surface area contributed by atoms with E-state index < -0.39 is 23.3 Å². The van der Waals surface area contributed by atoms with Crippen molar-refractivity contribution in [2.45, 2.75) is 133 Å². The van der Waals surface area contributed by atoms with E-state index in [1.165, 1.54) is 17.9 Å². The summed E-state index contributed by atoms with van der Waals surface area (Å²) in [6.45, 7) is 9.35. The number of aromatic nitrogens is 2. The predicted molar refractivity (Wildman–Crippen MR) is 226 cm³/mol. The van der Waals surface area contributed by atoms with Crippen molar-refractivity contribution in [3.05, 3.63) is 105 Å². The van der Waals surface area contributed by atoms with Gasteiger partial charge in [-0.05, 0) is 88.7 Å². The normalized spacial score (nSPS) is 27.3. The van der Waals surface area contributed by atoms with Crippen molar-refractivity contribution in [1.29, 1.82) is 0 Å². The first-order valence-corrected chi connectivity index (χ1v) is 21.3. The van der Waals surface area contributed by atoms with Crippen molar-refractivity contribution in [2.24, 2.45) is 5.73 Å². The van der Waals surface area contributed by atoms with Gasteiger partial charge >= 0.3 is 5.97 Å². The number of phenols is 1. The Morgan fingerprint density at radius 2 is 1.95 bits per heavy atom. The topological polar surface area (TPSA) is 181 Å². The summed E-state index contributed by atoms with van der Waals surface area (Å²) >= 11 is 0. The molecule has 4 aromatic rings. The average molecular weight is 805 g/mol. The molecular weight excluding hydrogens is 749 g/mol. The molecule has 0 aliphatic carbocycles. The van der Waals surface area contributed by atoms with Crippen molar-refractivity contribution in [2.75, 3.05) is 6.54 Å². The lowest BCUT2D eigenvalue weighted by atomic mass is 9.77. The number of hydrogen-bond donors (Lipinski definition) is 6. The third-order valence-corrected chi connectivity index (χ3v) is 12.7. The van der Waals surface area contributed by atoms with Gasteiger partial charge in [-0.3, -0.25) is 4.79 Å². The van der Waals surface area contributed by atoms with Crippen LogP contribution in [-0.2, 0) is 20.8 Å². The lowest BCUT2D eigenvalue weighted by Crippen LogP contribution is -2.52. The highest BCUT2D eigenvalue weighted by Gasteiger charge is 2.64. The molecule has 5 aliphatic rings. The molecule has 312 valence electrons. The fraction of sp³-hybridized carbons (Fsp3) is 0.478. The van der Waals surface area contributed by atoms with E-state index in [2.05, 4.69) is 69.1 Å². The number of nitrogens with two attached hydrogens (primary N) is 1. The van der Waals surface area contributed by atoms with Gasteiger partial charge in [0.1, 0.15) is 39.9 Å². The number of carbonyl (C=O) groups is 1. The molecule has 9 rings (SSSR count). The minimum atomic E-state index is -1.05. The highest BCUT2D eigenvalue weighted by Crippen LogP contribution is 2.54. The molecule has 5 aliphatic heterocycles. The third-order valence-electron chi connectivity index (χ3n) is 12.7. The van der Waals surface area contributed by atoms with Crippen LogP contribution < -0.4 is 31.8 Å². The van der Waals surface area contributed by atoms with E-state index in [1.807, 2.05) is 26.1 Å². The van der Waals surface area contributed by atoms with Crippen LogP contribution in [0, 0.1) is 6.92 Å². The highest BCUT2D eigenvalue weighted by atomic mass is 16.7. The molecule has 6 unspecified atom stereocenters. The zero-order chi connectivity index (χ0) is 41.1. The molecule has 2 saturated heterocycles. The number of esters is 1. The number of hydrogen-bond acceptors (Lipinski definition) is 11. The molecule has 0 radical (unpaired) electrons. The first-order valence-electron chi connectivity index (χ1n) is 21.3. The van der Waals surface area contributed by atoms with Crippen LogP contribution in [0.5, 0.6) is 11.5 Å². The van der Waals surface area contributed by atoms with E-state index in [-0.39, 0.29) is 46.3 Å². The van der Waals surface area contributed by atoms with Gasteiger partial charge in [0.15, 0.2) is 11.0 Å². The fourth-order valence-corrected chi connectivity index (χ4v) is 9.75. The van der Waals surface area contributed by atoms with Crippen molar-refractivity contribution in [3.63, 3.8) is 0 Å². The Kier molecular flexibility index (Phi) is 10.1. The number of epoxide rings is 1. The van der Waals surface area contributed by atoms with Crippen LogP contribution in [-0.4, -0.2) is 62.7 Å². The van der Waals surface area contributed by atoms with Gasteiger partial charge in [0.05, 0.1) is 35.3 Å². The number of allylic oxidation sites excluding steroid dienone is 2. The van der Waals surface area contributed by atoms with Gasteiger partial charge in [-0.15, -0.1) is 0 Å². The second kappa shape index (κ2) is 15.2. The predicted octanol–water partition coefficient (Wildman–Crippen LogP) is 6.67. The quantitative estimate of drug-likeness (QED) is 0.0542. The number of carbonyl (C=O) groups excluding carboxylic acids is 1. The second-order valence-electron chi connectivity index (χ2n) is 17.5. The second-order valence-corrected chi connectivity index (χ2v) is 17.5. The highest BCUT2D eigenvalue weighted by molar-refractivity contribution is 5.88. The number of unbranched alkanes of at least 4 members (excludes halogenated alkanes) is 2. The van der Waals surface area contributed by atoms with Crippen LogP contribution in [0.1, 0.15) is 95.8 Å². The van der Waals surface area contributed by atoms with Crippen LogP contribution in [0.3, 0.4) is 0 Å². The Bertz CT molecular complexity index is 2440. The van der Waals surface area contributed by atoms with Crippen molar-refractivity contribution >= 4 is 27.8 Å². The zero-order valence-electron chi connectivity index (χ0n) is 34.4. The van der Waals surface area contributed by atoms with Gasteiger partial charge < -0.3 is 55.0 Å². The molecule has 2 fully saturated rings. The summed E-state index contributed by atoms with van der Waals surface area (Å²) in [6.07, 6.45) is 21.3. The molecule has 8 heterocycles. The Morgan fingerprint density at radius 1 is 1.08 bits per heavy atom. The van der Waals surface area contributed by atoms with Crippen LogP contribution >= 0.6 is 0 Å². The summed E-state index contributed by atoms with van der Waals surface area (Å²) in [4.78, 5) is 30.6. The molecule has 0 bridgehead atoms. The number of benzene rings is 1. The average Bonchev–Trinajstić information content (AvgIpc) is 3.46. The zero-order valence-corrected chi connectivity index (χ0v) is 34.4. The summed E-state index contributed by atoms with van der Waals surface area (Å²) in [6, 6.07) is 5.06. The number of nitrogens with zero attached hydrogens (tertiary/aromatic N) is 1. The van der Waals surface area contributed by atoms with Crippen LogP contribution in [0.2, 0.25) is 0 Å². The fourth-order valence-electron chi connectivity index (χ4n) is 9.75. The number of nitrogens with one attached hydrogen (secondary N) is 4. The van der Waals surface area contributed by atoms with Gasteiger partial charge in [0.2, 0.25) is 0 Å². The van der Waals surface area contributed by atoms with Crippen molar-refractivity contribution in [1.82, 2.24) is 25.5 Å². The van der Waals surface area contributed by atoms with Gasteiger partial charge in [0, 0.05) is 60.7 Å². The molecule has 13 nitrogen and oxygen atoms in total. The number of aromatic amines is 1. The smallest absolute Gasteiger partial charge is 0.341 e. The molecule has 1 spiro atoms. The van der Waals surface area contributed by atoms with E-state index in [1.54, 1.807) is 13.0 Å². The maximum atomic E-state index is 14.2. The lowest BCUT2D eigenvalue weighted by Gasteiger charge is -2.44. The van der Waals surface area contributed by atoms with Crippen molar-refractivity contribution in [3.8, 4) is 11.5 Å². The van der Waals surface area contributed by atoms with Gasteiger partial charge in [-0.1, -0.05) is 38.3 Å². The number of aromatic hydroxyl groups is 1. The van der Waals surface area contributed by atoms with E-state index in [0.717, 1.165) is 61.3 Å². The first kappa shape index (κ1) is 38.9. The van der Waals surface area contributed by atoms with Gasteiger partial charge in [-0.25, -0.2) is 4.79 Å². The van der Waals surface area contributed by atoms with E-state index >= 15 is 0 Å². The number of dihydropyridines is 2. The lowest BCUT2D eigenvalue weighted by molar-refractivity contribution is -0.170.